The Hall–Kier alpha value is -3.48. The average Bonchev–Trinajstić information content (AvgIpc) is 3.30. The molecule has 4 rings (SSSR count). The van der Waals surface area contributed by atoms with E-state index < -0.39 is 0 Å². The molecule has 7 nitrogen and oxygen atoms in total. The summed E-state index contributed by atoms with van der Waals surface area (Å²) in [5, 5.41) is 0. The van der Waals surface area contributed by atoms with Gasteiger partial charge in [0.25, 0.3) is 0 Å². The Balaban J connectivity index is 1.50. The van der Waals surface area contributed by atoms with E-state index in [1.165, 1.54) is 0 Å². The zero-order valence-corrected chi connectivity index (χ0v) is 18.0. The Morgan fingerprint density at radius 3 is 2.71 bits per heavy atom. The molecule has 1 unspecified atom stereocenters. The molecule has 1 amide bonds. The lowest BCUT2D eigenvalue weighted by atomic mass is 9.98. The fourth-order valence-electron chi connectivity index (χ4n) is 4.01. The zero-order chi connectivity index (χ0) is 21.8. The van der Waals surface area contributed by atoms with Gasteiger partial charge in [0.05, 0.1) is 32.0 Å². The van der Waals surface area contributed by atoms with E-state index in [2.05, 4.69) is 9.97 Å². The molecule has 0 aliphatic carbocycles. The van der Waals surface area contributed by atoms with E-state index in [1.807, 2.05) is 54.4 Å². The number of hydrogen-bond acceptors (Lipinski definition) is 6. The van der Waals surface area contributed by atoms with Gasteiger partial charge < -0.3 is 14.4 Å². The SMILES string of the molecule is COc1ccc(CC(=O)N2CCC(c3nc(C)ncc3-c3ccccn3)C2)cc1OC. The van der Waals surface area contributed by atoms with Crippen LogP contribution in [-0.2, 0) is 11.2 Å². The first kappa shape index (κ1) is 20.8. The lowest BCUT2D eigenvalue weighted by Gasteiger charge is -2.18. The van der Waals surface area contributed by atoms with Crippen molar-refractivity contribution in [3.8, 4) is 22.8 Å². The maximum atomic E-state index is 13.0. The monoisotopic (exact) mass is 418 g/mol. The number of carbonyl (C=O) groups excluding carboxylic acids is 1. The van der Waals surface area contributed by atoms with Crippen LogP contribution in [0, 0.1) is 6.92 Å². The van der Waals surface area contributed by atoms with E-state index in [4.69, 9.17) is 14.5 Å². The molecule has 7 heteroatoms. The number of amides is 1. The minimum atomic E-state index is 0.0971. The Morgan fingerprint density at radius 2 is 1.97 bits per heavy atom. The number of ether oxygens (including phenoxy) is 2. The normalized spacial score (nSPS) is 15.7. The molecule has 0 spiro atoms. The Bertz CT molecular complexity index is 1070. The number of benzene rings is 1. The van der Waals surface area contributed by atoms with Crippen LogP contribution in [0.4, 0.5) is 0 Å². The second-order valence-corrected chi connectivity index (χ2v) is 7.62. The summed E-state index contributed by atoms with van der Waals surface area (Å²) >= 11 is 0. The first-order valence-electron chi connectivity index (χ1n) is 10.3. The van der Waals surface area contributed by atoms with E-state index in [1.54, 1.807) is 20.4 Å². The van der Waals surface area contributed by atoms with Crippen LogP contribution in [0.5, 0.6) is 11.5 Å². The lowest BCUT2D eigenvalue weighted by molar-refractivity contribution is -0.129. The Kier molecular flexibility index (Phi) is 6.11. The second kappa shape index (κ2) is 9.12. The second-order valence-electron chi connectivity index (χ2n) is 7.62. The predicted molar refractivity (Wildman–Crippen MR) is 117 cm³/mol. The van der Waals surface area contributed by atoms with Gasteiger partial charge >= 0.3 is 0 Å². The number of carbonyl (C=O) groups is 1. The molecule has 3 heterocycles. The number of nitrogens with zero attached hydrogens (tertiary/aromatic N) is 4. The number of pyridine rings is 1. The lowest BCUT2D eigenvalue weighted by Crippen LogP contribution is -2.30. The van der Waals surface area contributed by atoms with Gasteiger partial charge in [-0.1, -0.05) is 12.1 Å². The number of hydrogen-bond donors (Lipinski definition) is 0. The van der Waals surface area contributed by atoms with Gasteiger partial charge in [-0.05, 0) is 43.2 Å². The fraction of sp³-hybridized carbons (Fsp3) is 0.333. The van der Waals surface area contributed by atoms with Crippen LogP contribution in [0.2, 0.25) is 0 Å². The van der Waals surface area contributed by atoms with Crippen LogP contribution in [0.1, 0.15) is 29.4 Å². The minimum absolute atomic E-state index is 0.0971. The molecule has 1 atom stereocenters. The largest absolute Gasteiger partial charge is 0.493 e. The summed E-state index contributed by atoms with van der Waals surface area (Å²) in [6, 6.07) is 11.4. The van der Waals surface area contributed by atoms with E-state index in [0.29, 0.717) is 31.0 Å². The molecule has 1 aromatic carbocycles. The van der Waals surface area contributed by atoms with Crippen LogP contribution in [0.25, 0.3) is 11.3 Å². The molecule has 0 radical (unpaired) electrons. The average molecular weight is 418 g/mol. The van der Waals surface area contributed by atoms with Gasteiger partial charge in [-0.15, -0.1) is 0 Å². The third kappa shape index (κ3) is 4.50. The van der Waals surface area contributed by atoms with Crippen molar-refractivity contribution in [1.82, 2.24) is 19.9 Å². The molecule has 160 valence electrons. The van der Waals surface area contributed by atoms with Crippen molar-refractivity contribution in [3.05, 3.63) is 65.9 Å². The number of aryl methyl sites for hydroxylation is 1. The van der Waals surface area contributed by atoms with Crippen LogP contribution in [0.3, 0.4) is 0 Å². The van der Waals surface area contributed by atoms with Crippen molar-refractivity contribution >= 4 is 5.91 Å². The third-order valence-corrected chi connectivity index (χ3v) is 5.61. The minimum Gasteiger partial charge on any atom is -0.493 e. The van der Waals surface area contributed by atoms with E-state index in [-0.39, 0.29) is 11.8 Å². The predicted octanol–water partition coefficient (Wildman–Crippen LogP) is 3.42. The van der Waals surface area contributed by atoms with Crippen LogP contribution >= 0.6 is 0 Å². The summed E-state index contributed by atoms with van der Waals surface area (Å²) < 4.78 is 10.6. The molecule has 31 heavy (non-hydrogen) atoms. The number of methoxy groups -OCH3 is 2. The van der Waals surface area contributed by atoms with Crippen molar-refractivity contribution in [3.63, 3.8) is 0 Å². The molecule has 1 aliphatic rings. The van der Waals surface area contributed by atoms with Crippen molar-refractivity contribution < 1.29 is 14.3 Å². The maximum absolute atomic E-state index is 13.0. The molecule has 2 aromatic heterocycles. The van der Waals surface area contributed by atoms with Crippen molar-refractivity contribution in [2.75, 3.05) is 27.3 Å². The van der Waals surface area contributed by atoms with Gasteiger partial charge in [0.2, 0.25) is 5.91 Å². The maximum Gasteiger partial charge on any atom is 0.227 e. The first-order chi connectivity index (χ1) is 15.1. The smallest absolute Gasteiger partial charge is 0.227 e. The van der Waals surface area contributed by atoms with Gasteiger partial charge in [-0.2, -0.15) is 0 Å². The molecule has 1 saturated heterocycles. The van der Waals surface area contributed by atoms with E-state index >= 15 is 0 Å². The van der Waals surface area contributed by atoms with Gasteiger partial charge in [-0.3, -0.25) is 9.78 Å². The number of aromatic nitrogens is 3. The first-order valence-corrected chi connectivity index (χ1v) is 10.3. The standard InChI is InChI=1S/C24H26N4O3/c1-16-26-14-19(20-6-4-5-10-25-20)24(27-16)18-9-11-28(15-18)23(29)13-17-7-8-21(30-2)22(12-17)31-3/h4-8,10,12,14,18H,9,11,13,15H2,1-3H3. The van der Waals surface area contributed by atoms with Crippen molar-refractivity contribution in [2.24, 2.45) is 0 Å². The molecule has 0 saturated carbocycles. The Labute approximate surface area is 182 Å². The molecular formula is C24H26N4O3. The van der Waals surface area contributed by atoms with Gasteiger partial charge in [0, 0.05) is 37.0 Å². The highest BCUT2D eigenvalue weighted by Crippen LogP contribution is 2.33. The summed E-state index contributed by atoms with van der Waals surface area (Å²) in [7, 11) is 3.19. The summed E-state index contributed by atoms with van der Waals surface area (Å²) in [6.07, 6.45) is 4.80. The van der Waals surface area contributed by atoms with Gasteiger partial charge in [0.1, 0.15) is 5.82 Å². The summed E-state index contributed by atoms with van der Waals surface area (Å²) in [4.78, 5) is 28.5. The number of rotatable bonds is 6. The summed E-state index contributed by atoms with van der Waals surface area (Å²) in [6.45, 7) is 3.24. The highest BCUT2D eigenvalue weighted by atomic mass is 16.5. The molecular weight excluding hydrogens is 392 g/mol. The molecule has 0 N–H and O–H groups in total. The molecule has 0 bridgehead atoms. The highest BCUT2D eigenvalue weighted by Gasteiger charge is 2.30. The van der Waals surface area contributed by atoms with E-state index in [9.17, 15) is 4.79 Å². The van der Waals surface area contributed by atoms with Crippen molar-refractivity contribution in [2.45, 2.75) is 25.7 Å². The topological polar surface area (TPSA) is 77.4 Å². The van der Waals surface area contributed by atoms with Crippen molar-refractivity contribution in [1.29, 1.82) is 0 Å². The van der Waals surface area contributed by atoms with Gasteiger partial charge in [-0.25, -0.2) is 9.97 Å². The zero-order valence-electron chi connectivity index (χ0n) is 18.0. The molecule has 3 aromatic rings. The van der Waals surface area contributed by atoms with E-state index in [0.717, 1.165) is 34.8 Å². The fourth-order valence-corrected chi connectivity index (χ4v) is 4.01. The third-order valence-electron chi connectivity index (χ3n) is 5.61. The summed E-state index contributed by atoms with van der Waals surface area (Å²) in [5.74, 6) is 2.27. The van der Waals surface area contributed by atoms with Crippen LogP contribution in [0.15, 0.2) is 48.8 Å². The van der Waals surface area contributed by atoms with Crippen LogP contribution < -0.4 is 9.47 Å². The quantitative estimate of drug-likeness (QED) is 0.610. The Morgan fingerprint density at radius 1 is 1.13 bits per heavy atom. The highest BCUT2D eigenvalue weighted by molar-refractivity contribution is 5.79. The number of likely N-dealkylation sites (tertiary alicyclic amines) is 1. The van der Waals surface area contributed by atoms with Gasteiger partial charge in [0.15, 0.2) is 11.5 Å². The molecule has 1 fully saturated rings. The van der Waals surface area contributed by atoms with Crippen LogP contribution in [-0.4, -0.2) is 53.1 Å². The molecule has 1 aliphatic heterocycles. The summed E-state index contributed by atoms with van der Waals surface area (Å²) in [5.41, 5.74) is 3.66.